The first-order chi connectivity index (χ1) is 12.6. The average molecular weight is 371 g/mol. The Kier molecular flexibility index (Phi) is 4.77. The first kappa shape index (κ1) is 17.2. The summed E-state index contributed by atoms with van der Waals surface area (Å²) in [6, 6.07) is 13.7. The molecule has 1 fully saturated rings. The van der Waals surface area contributed by atoms with Crippen LogP contribution in [0, 0.1) is 0 Å². The smallest absolute Gasteiger partial charge is 0.253 e. The van der Waals surface area contributed by atoms with E-state index in [0.29, 0.717) is 17.1 Å². The molecule has 2 aromatic rings. The molecule has 0 aliphatic carbocycles. The molecular formula is C21H23ClN2O2. The molecule has 1 amide bonds. The zero-order valence-electron chi connectivity index (χ0n) is 15.0. The lowest BCUT2D eigenvalue weighted by atomic mass is 10.1. The van der Waals surface area contributed by atoms with Gasteiger partial charge in [-0.3, -0.25) is 4.79 Å². The summed E-state index contributed by atoms with van der Waals surface area (Å²) in [5.74, 6) is 0.899. The van der Waals surface area contributed by atoms with E-state index in [1.807, 2.05) is 37.4 Å². The third-order valence-electron chi connectivity index (χ3n) is 5.18. The number of rotatable bonds is 4. The van der Waals surface area contributed by atoms with Crippen LogP contribution in [0.25, 0.3) is 0 Å². The van der Waals surface area contributed by atoms with Crippen LogP contribution in [0.5, 0.6) is 5.75 Å². The van der Waals surface area contributed by atoms with Crippen LogP contribution in [-0.4, -0.2) is 43.6 Å². The van der Waals surface area contributed by atoms with E-state index in [1.54, 1.807) is 11.0 Å². The van der Waals surface area contributed by atoms with Gasteiger partial charge >= 0.3 is 0 Å². The molecule has 2 aliphatic heterocycles. The number of amides is 1. The van der Waals surface area contributed by atoms with Crippen LogP contribution in [-0.2, 0) is 6.42 Å². The molecule has 4 rings (SSSR count). The third-order valence-corrected chi connectivity index (χ3v) is 5.48. The van der Waals surface area contributed by atoms with Crippen molar-refractivity contribution < 1.29 is 9.53 Å². The molecular weight excluding hydrogens is 348 g/mol. The number of para-hydroxylation sites is 1. The van der Waals surface area contributed by atoms with E-state index < -0.39 is 0 Å². The molecule has 136 valence electrons. The van der Waals surface area contributed by atoms with Crippen LogP contribution in [0.3, 0.4) is 0 Å². The van der Waals surface area contributed by atoms with Gasteiger partial charge in [-0.15, -0.1) is 0 Å². The molecule has 4 nitrogen and oxygen atoms in total. The van der Waals surface area contributed by atoms with E-state index in [1.165, 1.54) is 18.4 Å². The maximum Gasteiger partial charge on any atom is 0.253 e. The van der Waals surface area contributed by atoms with E-state index in [2.05, 4.69) is 11.0 Å². The van der Waals surface area contributed by atoms with Crippen LogP contribution in [0.4, 0.5) is 5.69 Å². The van der Waals surface area contributed by atoms with Crippen LogP contribution >= 0.6 is 11.6 Å². The summed E-state index contributed by atoms with van der Waals surface area (Å²) < 4.78 is 5.95. The Hall–Kier alpha value is -2.20. The van der Waals surface area contributed by atoms with Gasteiger partial charge in [0.15, 0.2) is 0 Å². The molecule has 0 spiro atoms. The van der Waals surface area contributed by atoms with Gasteiger partial charge in [0.25, 0.3) is 5.91 Å². The molecule has 1 atom stereocenters. The number of nitrogens with zero attached hydrogens (tertiary/aromatic N) is 2. The van der Waals surface area contributed by atoms with Crippen LogP contribution in [0.15, 0.2) is 42.5 Å². The van der Waals surface area contributed by atoms with Gasteiger partial charge in [0, 0.05) is 32.1 Å². The highest BCUT2D eigenvalue weighted by Gasteiger charge is 2.26. The minimum Gasteiger partial charge on any atom is -0.488 e. The summed E-state index contributed by atoms with van der Waals surface area (Å²) in [5, 5.41) is 0.649. The molecule has 5 heteroatoms. The Morgan fingerprint density at radius 2 is 2.00 bits per heavy atom. The minimum absolute atomic E-state index is 0.000644. The summed E-state index contributed by atoms with van der Waals surface area (Å²) in [4.78, 5) is 16.8. The van der Waals surface area contributed by atoms with Gasteiger partial charge in [-0.25, -0.2) is 0 Å². The van der Waals surface area contributed by atoms with E-state index in [4.69, 9.17) is 16.3 Å². The number of likely N-dealkylation sites (N-methyl/N-ethyl adjacent to an activating group) is 1. The maximum absolute atomic E-state index is 12.8. The number of carbonyl (C=O) groups excluding carboxylic acids is 1. The molecule has 1 saturated heterocycles. The largest absolute Gasteiger partial charge is 0.488 e. The predicted octanol–water partition coefficient (Wildman–Crippen LogP) is 4.02. The van der Waals surface area contributed by atoms with Crippen molar-refractivity contribution in [2.24, 2.45) is 0 Å². The van der Waals surface area contributed by atoms with Crippen molar-refractivity contribution >= 4 is 23.2 Å². The lowest BCUT2D eigenvalue weighted by Gasteiger charge is -2.23. The van der Waals surface area contributed by atoms with Crippen molar-refractivity contribution in [3.63, 3.8) is 0 Å². The fraction of sp³-hybridized carbons (Fsp3) is 0.381. The standard InChI is InChI=1S/C21H23ClN2O2/c1-23(14-17-12-15-6-2-3-7-20(15)26-17)21(25)16-8-9-19(18(22)13-16)24-10-4-5-11-24/h2-3,6-9,13,17H,4-5,10-12,14H2,1H3. The summed E-state index contributed by atoms with van der Waals surface area (Å²) in [6.45, 7) is 2.62. The molecule has 0 aromatic heterocycles. The molecule has 2 aromatic carbocycles. The zero-order chi connectivity index (χ0) is 18.1. The Balaban J connectivity index is 1.41. The number of hydrogen-bond acceptors (Lipinski definition) is 3. The monoisotopic (exact) mass is 370 g/mol. The second kappa shape index (κ2) is 7.20. The van der Waals surface area contributed by atoms with Gasteiger partial charge in [0.2, 0.25) is 0 Å². The quantitative estimate of drug-likeness (QED) is 0.815. The molecule has 0 saturated carbocycles. The topological polar surface area (TPSA) is 32.8 Å². The Labute approximate surface area is 159 Å². The first-order valence-corrected chi connectivity index (χ1v) is 9.54. The van der Waals surface area contributed by atoms with Crippen LogP contribution in [0.2, 0.25) is 5.02 Å². The highest BCUT2D eigenvalue weighted by atomic mass is 35.5. The lowest BCUT2D eigenvalue weighted by molar-refractivity contribution is 0.0730. The summed E-state index contributed by atoms with van der Waals surface area (Å²) in [6.07, 6.45) is 3.23. The van der Waals surface area contributed by atoms with Crippen molar-refractivity contribution in [3.05, 3.63) is 58.6 Å². The van der Waals surface area contributed by atoms with E-state index in [9.17, 15) is 4.79 Å². The number of benzene rings is 2. The van der Waals surface area contributed by atoms with Gasteiger partial charge in [-0.1, -0.05) is 29.8 Å². The van der Waals surface area contributed by atoms with Crippen molar-refractivity contribution in [1.29, 1.82) is 0 Å². The molecule has 2 heterocycles. The molecule has 0 N–H and O–H groups in total. The Morgan fingerprint density at radius 3 is 2.73 bits per heavy atom. The molecule has 26 heavy (non-hydrogen) atoms. The van der Waals surface area contributed by atoms with Gasteiger partial charge in [0.05, 0.1) is 17.3 Å². The van der Waals surface area contributed by atoms with E-state index >= 15 is 0 Å². The van der Waals surface area contributed by atoms with Crippen LogP contribution < -0.4 is 9.64 Å². The van der Waals surface area contributed by atoms with Crippen molar-refractivity contribution in [2.45, 2.75) is 25.4 Å². The second-order valence-corrected chi connectivity index (χ2v) is 7.50. The van der Waals surface area contributed by atoms with Crippen LogP contribution in [0.1, 0.15) is 28.8 Å². The van der Waals surface area contributed by atoms with E-state index in [0.717, 1.165) is 30.9 Å². The van der Waals surface area contributed by atoms with E-state index in [-0.39, 0.29) is 12.0 Å². The number of fused-ring (bicyclic) bond motifs is 1. The summed E-state index contributed by atoms with van der Waals surface area (Å²) >= 11 is 6.45. The molecule has 2 aliphatic rings. The van der Waals surface area contributed by atoms with Crippen molar-refractivity contribution in [1.82, 2.24) is 4.90 Å². The average Bonchev–Trinajstić information content (AvgIpc) is 3.30. The normalized spacial score (nSPS) is 18.5. The SMILES string of the molecule is CN(CC1Cc2ccccc2O1)C(=O)c1ccc(N2CCCC2)c(Cl)c1. The third kappa shape index (κ3) is 3.38. The predicted molar refractivity (Wildman–Crippen MR) is 104 cm³/mol. The van der Waals surface area contributed by atoms with Gasteiger partial charge in [0.1, 0.15) is 11.9 Å². The molecule has 0 radical (unpaired) electrons. The summed E-state index contributed by atoms with van der Waals surface area (Å²) in [7, 11) is 1.82. The number of anilines is 1. The highest BCUT2D eigenvalue weighted by molar-refractivity contribution is 6.33. The number of carbonyl (C=O) groups is 1. The fourth-order valence-electron chi connectivity index (χ4n) is 3.82. The van der Waals surface area contributed by atoms with Gasteiger partial charge in [-0.2, -0.15) is 0 Å². The number of halogens is 1. The second-order valence-electron chi connectivity index (χ2n) is 7.10. The van der Waals surface area contributed by atoms with Gasteiger partial charge < -0.3 is 14.5 Å². The van der Waals surface area contributed by atoms with Gasteiger partial charge in [-0.05, 0) is 42.7 Å². The number of hydrogen-bond donors (Lipinski definition) is 0. The zero-order valence-corrected chi connectivity index (χ0v) is 15.7. The molecule has 1 unspecified atom stereocenters. The maximum atomic E-state index is 12.8. The summed E-state index contributed by atoms with van der Waals surface area (Å²) in [5.41, 5.74) is 2.85. The van der Waals surface area contributed by atoms with Crippen molar-refractivity contribution in [2.75, 3.05) is 31.6 Å². The minimum atomic E-state index is -0.0283. The highest BCUT2D eigenvalue weighted by Crippen LogP contribution is 2.31. The first-order valence-electron chi connectivity index (χ1n) is 9.16. The Morgan fingerprint density at radius 1 is 1.23 bits per heavy atom. The number of ether oxygens (including phenoxy) is 1. The Bertz CT molecular complexity index is 792. The molecule has 0 bridgehead atoms. The fourth-order valence-corrected chi connectivity index (χ4v) is 4.12. The van der Waals surface area contributed by atoms with Crippen molar-refractivity contribution in [3.8, 4) is 5.75 Å². The lowest BCUT2D eigenvalue weighted by Crippen LogP contribution is -2.36.